The zero-order valence-corrected chi connectivity index (χ0v) is 9.32. The fourth-order valence-electron chi connectivity index (χ4n) is 1.15. The second kappa shape index (κ2) is 5.76. The first-order valence-electron chi connectivity index (χ1n) is 4.87. The molecule has 0 aliphatic carbocycles. The van der Waals surface area contributed by atoms with E-state index in [2.05, 4.69) is 0 Å². The topological polar surface area (TPSA) is 59.3 Å². The third kappa shape index (κ3) is 3.62. The third-order valence-corrected chi connectivity index (χ3v) is 1.97. The zero-order valence-electron chi connectivity index (χ0n) is 9.32. The van der Waals surface area contributed by atoms with Gasteiger partial charge >= 0.3 is 0 Å². The molecule has 0 atom stereocenters. The van der Waals surface area contributed by atoms with Crippen molar-refractivity contribution in [3.63, 3.8) is 0 Å². The summed E-state index contributed by atoms with van der Waals surface area (Å²) < 4.78 is 10.4. The smallest absolute Gasteiger partial charge is 0.133 e. The number of ether oxygens (including phenoxy) is 2. The van der Waals surface area contributed by atoms with Gasteiger partial charge in [0.2, 0.25) is 0 Å². The Bertz CT molecular complexity index is 421. The molecule has 4 heteroatoms. The number of benzene rings is 1. The van der Waals surface area contributed by atoms with Gasteiger partial charge in [0, 0.05) is 12.5 Å². The van der Waals surface area contributed by atoms with Crippen molar-refractivity contribution in [1.82, 2.24) is 0 Å². The van der Waals surface area contributed by atoms with Crippen molar-refractivity contribution < 1.29 is 14.3 Å². The SMILES string of the molecule is COc1cc(C#N)cc(OCCC(C)=O)c1. The maximum absolute atomic E-state index is 10.7. The molecule has 0 saturated carbocycles. The number of nitrogens with zero attached hydrogens (tertiary/aromatic N) is 1. The molecule has 0 amide bonds. The molecule has 1 aromatic rings. The summed E-state index contributed by atoms with van der Waals surface area (Å²) in [6.07, 6.45) is 0.360. The van der Waals surface area contributed by atoms with Crippen LogP contribution in [0, 0.1) is 11.3 Å². The molecule has 84 valence electrons. The molecule has 4 nitrogen and oxygen atoms in total. The van der Waals surface area contributed by atoms with Gasteiger partial charge in [0.25, 0.3) is 0 Å². The number of nitriles is 1. The Hall–Kier alpha value is -2.02. The Balaban J connectivity index is 2.72. The van der Waals surface area contributed by atoms with Crippen LogP contribution < -0.4 is 9.47 Å². The van der Waals surface area contributed by atoms with Crippen LogP contribution in [-0.2, 0) is 4.79 Å². The Kier molecular flexibility index (Phi) is 4.34. The van der Waals surface area contributed by atoms with Gasteiger partial charge in [-0.1, -0.05) is 0 Å². The fourth-order valence-corrected chi connectivity index (χ4v) is 1.15. The first-order chi connectivity index (χ1) is 7.65. The highest BCUT2D eigenvalue weighted by Crippen LogP contribution is 2.22. The molecule has 16 heavy (non-hydrogen) atoms. The van der Waals surface area contributed by atoms with Gasteiger partial charge in [-0.05, 0) is 19.1 Å². The Morgan fingerprint density at radius 2 is 2.06 bits per heavy atom. The first-order valence-corrected chi connectivity index (χ1v) is 4.87. The molecule has 0 spiro atoms. The molecule has 1 aromatic carbocycles. The van der Waals surface area contributed by atoms with Crippen molar-refractivity contribution in [3.8, 4) is 17.6 Å². The molecule has 0 bridgehead atoms. The zero-order chi connectivity index (χ0) is 12.0. The van der Waals surface area contributed by atoms with E-state index >= 15 is 0 Å². The van der Waals surface area contributed by atoms with E-state index in [9.17, 15) is 4.79 Å². The van der Waals surface area contributed by atoms with Crippen LogP contribution in [0.1, 0.15) is 18.9 Å². The number of carbonyl (C=O) groups excluding carboxylic acids is 1. The summed E-state index contributed by atoms with van der Waals surface area (Å²) in [5, 5.41) is 8.78. The van der Waals surface area contributed by atoms with Crippen LogP contribution in [0.25, 0.3) is 0 Å². The average Bonchev–Trinajstić information content (AvgIpc) is 2.28. The molecule has 0 aliphatic rings. The number of hydrogen-bond donors (Lipinski definition) is 0. The number of rotatable bonds is 5. The van der Waals surface area contributed by atoms with Crippen LogP contribution in [0.5, 0.6) is 11.5 Å². The lowest BCUT2D eigenvalue weighted by atomic mass is 10.2. The van der Waals surface area contributed by atoms with Crippen LogP contribution in [0.15, 0.2) is 18.2 Å². The lowest BCUT2D eigenvalue weighted by molar-refractivity contribution is -0.117. The minimum atomic E-state index is 0.0726. The lowest BCUT2D eigenvalue weighted by Gasteiger charge is -2.07. The number of Topliss-reactive ketones (excluding diaryl/α,β-unsaturated/α-hetero) is 1. The highest BCUT2D eigenvalue weighted by molar-refractivity contribution is 5.75. The van der Waals surface area contributed by atoms with Gasteiger partial charge in [-0.15, -0.1) is 0 Å². The summed E-state index contributed by atoms with van der Waals surface area (Å²) in [5.74, 6) is 1.18. The Morgan fingerprint density at radius 1 is 1.38 bits per heavy atom. The minimum Gasteiger partial charge on any atom is -0.497 e. The van der Waals surface area contributed by atoms with Gasteiger partial charge in [-0.3, -0.25) is 4.79 Å². The molecule has 0 aliphatic heterocycles. The van der Waals surface area contributed by atoms with E-state index in [-0.39, 0.29) is 5.78 Å². The predicted octanol–water partition coefficient (Wildman–Crippen LogP) is 1.92. The quantitative estimate of drug-likeness (QED) is 0.759. The van der Waals surface area contributed by atoms with Crippen molar-refractivity contribution in [3.05, 3.63) is 23.8 Å². The predicted molar refractivity (Wildman–Crippen MR) is 58.5 cm³/mol. The van der Waals surface area contributed by atoms with Crippen molar-refractivity contribution in [2.24, 2.45) is 0 Å². The summed E-state index contributed by atoms with van der Waals surface area (Å²) >= 11 is 0. The summed E-state index contributed by atoms with van der Waals surface area (Å²) in [7, 11) is 1.52. The molecule has 0 N–H and O–H groups in total. The monoisotopic (exact) mass is 219 g/mol. The minimum absolute atomic E-state index is 0.0726. The first kappa shape index (κ1) is 12.1. The maximum atomic E-state index is 10.7. The molecule has 0 heterocycles. The number of carbonyl (C=O) groups is 1. The highest BCUT2D eigenvalue weighted by Gasteiger charge is 2.02. The van der Waals surface area contributed by atoms with Crippen LogP contribution in [0.2, 0.25) is 0 Å². The third-order valence-electron chi connectivity index (χ3n) is 1.97. The van der Waals surface area contributed by atoms with Gasteiger partial charge in [-0.25, -0.2) is 0 Å². The van der Waals surface area contributed by atoms with Crippen LogP contribution in [-0.4, -0.2) is 19.5 Å². The maximum Gasteiger partial charge on any atom is 0.133 e. The molecule has 0 unspecified atom stereocenters. The van der Waals surface area contributed by atoms with Crippen molar-refractivity contribution in [1.29, 1.82) is 5.26 Å². The molecule has 0 fully saturated rings. The molecular weight excluding hydrogens is 206 g/mol. The molecule has 1 rings (SSSR count). The molecular formula is C12H13NO3. The summed E-state index contributed by atoms with van der Waals surface area (Å²) in [5.41, 5.74) is 0.470. The fraction of sp³-hybridized carbons (Fsp3) is 0.333. The van der Waals surface area contributed by atoms with Crippen molar-refractivity contribution in [2.75, 3.05) is 13.7 Å². The van der Waals surface area contributed by atoms with Gasteiger partial charge in [0.15, 0.2) is 0 Å². The van der Waals surface area contributed by atoms with E-state index in [0.717, 1.165) is 0 Å². The second-order valence-electron chi connectivity index (χ2n) is 3.31. The summed E-state index contributed by atoms with van der Waals surface area (Å²) in [4.78, 5) is 10.7. The summed E-state index contributed by atoms with van der Waals surface area (Å²) in [6.45, 7) is 1.82. The largest absolute Gasteiger partial charge is 0.497 e. The van der Waals surface area contributed by atoms with Crippen molar-refractivity contribution in [2.45, 2.75) is 13.3 Å². The second-order valence-corrected chi connectivity index (χ2v) is 3.31. The lowest BCUT2D eigenvalue weighted by Crippen LogP contribution is -2.03. The average molecular weight is 219 g/mol. The van der Waals surface area contributed by atoms with E-state index in [1.165, 1.54) is 14.0 Å². The van der Waals surface area contributed by atoms with E-state index in [1.807, 2.05) is 6.07 Å². The van der Waals surface area contributed by atoms with E-state index in [1.54, 1.807) is 18.2 Å². The Morgan fingerprint density at radius 3 is 2.62 bits per heavy atom. The van der Waals surface area contributed by atoms with Crippen LogP contribution in [0.3, 0.4) is 0 Å². The Labute approximate surface area is 94.4 Å². The number of methoxy groups -OCH3 is 1. The molecule has 0 aromatic heterocycles. The highest BCUT2D eigenvalue weighted by atomic mass is 16.5. The van der Waals surface area contributed by atoms with Crippen molar-refractivity contribution >= 4 is 5.78 Å². The molecule has 0 radical (unpaired) electrons. The normalized spacial score (nSPS) is 9.31. The number of hydrogen-bond acceptors (Lipinski definition) is 4. The summed E-state index contributed by atoms with van der Waals surface area (Å²) in [6, 6.07) is 6.93. The van der Waals surface area contributed by atoms with E-state index in [4.69, 9.17) is 14.7 Å². The van der Waals surface area contributed by atoms with Gasteiger partial charge in [0.1, 0.15) is 17.3 Å². The number of ketones is 1. The molecule has 0 saturated heterocycles. The van der Waals surface area contributed by atoms with Gasteiger partial charge < -0.3 is 9.47 Å². The van der Waals surface area contributed by atoms with Crippen LogP contribution >= 0.6 is 0 Å². The van der Waals surface area contributed by atoms with E-state index in [0.29, 0.717) is 30.1 Å². The van der Waals surface area contributed by atoms with Gasteiger partial charge in [0.05, 0.1) is 25.3 Å². The van der Waals surface area contributed by atoms with E-state index < -0.39 is 0 Å². The van der Waals surface area contributed by atoms with Gasteiger partial charge in [-0.2, -0.15) is 5.26 Å². The standard InChI is InChI=1S/C12H13NO3/c1-9(14)3-4-16-12-6-10(8-13)5-11(7-12)15-2/h5-7H,3-4H2,1-2H3. The van der Waals surface area contributed by atoms with Crippen LogP contribution in [0.4, 0.5) is 0 Å².